The molecule has 1 rings (SSSR count). The fourth-order valence-electron chi connectivity index (χ4n) is 0.877. The molecular weight excluding hydrogens is 223 g/mol. The van der Waals surface area contributed by atoms with Crippen molar-refractivity contribution in [2.75, 3.05) is 12.4 Å². The molecule has 1 aromatic rings. The maximum absolute atomic E-state index is 12.7. The Labute approximate surface area is 93.6 Å². The Morgan fingerprint density at radius 2 is 2.29 bits per heavy atom. The second kappa shape index (κ2) is 5.47. The van der Waals surface area contributed by atoms with E-state index in [4.69, 9.17) is 16.3 Å². The third-order valence-electron chi connectivity index (χ3n) is 1.73. The molecule has 0 aliphatic heterocycles. The lowest BCUT2D eigenvalue weighted by molar-refractivity contribution is 0.273. The highest BCUT2D eigenvalue weighted by molar-refractivity contribution is 7.80. The van der Waals surface area contributed by atoms with Crippen LogP contribution in [-0.4, -0.2) is 12.4 Å². The van der Waals surface area contributed by atoms with E-state index in [1.165, 1.54) is 18.2 Å². The lowest BCUT2D eigenvalue weighted by atomic mass is 10.2. The fourth-order valence-corrected chi connectivity index (χ4v) is 1.20. The third kappa shape index (κ3) is 3.39. The Bertz CT molecular complexity index is 306. The zero-order chi connectivity index (χ0) is 10.6. The smallest absolute Gasteiger partial charge is 0.138 e. The van der Waals surface area contributed by atoms with Crippen molar-refractivity contribution in [1.29, 1.82) is 0 Å². The predicted octanol–water partition coefficient (Wildman–Crippen LogP) is 3.42. The zero-order valence-corrected chi connectivity index (χ0v) is 9.49. The Hall–Kier alpha value is -0.410. The van der Waals surface area contributed by atoms with Crippen LogP contribution in [0.4, 0.5) is 4.39 Å². The molecule has 0 aliphatic carbocycles. The molecule has 0 fully saturated rings. The summed E-state index contributed by atoms with van der Waals surface area (Å²) in [5, 5.41) is 0.302. The van der Waals surface area contributed by atoms with Gasteiger partial charge in [-0.2, -0.15) is 12.6 Å². The molecule has 4 heteroatoms. The largest absolute Gasteiger partial charge is 0.492 e. The van der Waals surface area contributed by atoms with Crippen molar-refractivity contribution < 1.29 is 9.13 Å². The summed E-state index contributed by atoms with van der Waals surface area (Å²) in [4.78, 5) is 0. The summed E-state index contributed by atoms with van der Waals surface area (Å²) >= 11 is 9.90. The van der Waals surface area contributed by atoms with Crippen LogP contribution in [0.3, 0.4) is 0 Å². The molecule has 0 aliphatic rings. The Balaban J connectivity index is 2.59. The number of hydrogen-bond acceptors (Lipinski definition) is 2. The van der Waals surface area contributed by atoms with Crippen LogP contribution in [0, 0.1) is 11.7 Å². The summed E-state index contributed by atoms with van der Waals surface area (Å²) in [6.45, 7) is 2.55. The molecule has 14 heavy (non-hydrogen) atoms. The SMILES string of the molecule is CC(CS)COc1ccc(F)cc1Cl. The predicted molar refractivity (Wildman–Crippen MR) is 59.9 cm³/mol. The second-order valence-electron chi connectivity index (χ2n) is 3.17. The second-order valence-corrected chi connectivity index (χ2v) is 3.95. The van der Waals surface area contributed by atoms with E-state index in [9.17, 15) is 4.39 Å². The summed E-state index contributed by atoms with van der Waals surface area (Å²) in [5.41, 5.74) is 0. The molecule has 1 unspecified atom stereocenters. The van der Waals surface area contributed by atoms with E-state index >= 15 is 0 Å². The maximum Gasteiger partial charge on any atom is 0.138 e. The van der Waals surface area contributed by atoms with Crippen LogP contribution in [0.25, 0.3) is 0 Å². The van der Waals surface area contributed by atoms with Crippen molar-refractivity contribution in [2.24, 2.45) is 5.92 Å². The molecule has 0 N–H and O–H groups in total. The monoisotopic (exact) mass is 234 g/mol. The van der Waals surface area contributed by atoms with Gasteiger partial charge in [0.2, 0.25) is 0 Å². The molecule has 1 atom stereocenters. The quantitative estimate of drug-likeness (QED) is 0.786. The van der Waals surface area contributed by atoms with Crippen LogP contribution in [-0.2, 0) is 0 Å². The molecule has 0 heterocycles. The molecule has 0 aromatic heterocycles. The van der Waals surface area contributed by atoms with Crippen LogP contribution in [0.5, 0.6) is 5.75 Å². The normalized spacial score (nSPS) is 12.6. The van der Waals surface area contributed by atoms with Gasteiger partial charge in [0.15, 0.2) is 0 Å². The van der Waals surface area contributed by atoms with E-state index < -0.39 is 0 Å². The average molecular weight is 235 g/mol. The first-order valence-corrected chi connectivity index (χ1v) is 5.33. The number of thiol groups is 1. The van der Waals surface area contributed by atoms with Crippen molar-refractivity contribution in [2.45, 2.75) is 6.92 Å². The summed E-state index contributed by atoms with van der Waals surface area (Å²) in [5.74, 6) is 1.25. The minimum Gasteiger partial charge on any atom is -0.492 e. The summed E-state index contributed by atoms with van der Waals surface area (Å²) in [6, 6.07) is 4.09. The number of rotatable bonds is 4. The first kappa shape index (κ1) is 11.7. The highest BCUT2D eigenvalue weighted by Gasteiger charge is 2.05. The van der Waals surface area contributed by atoms with E-state index in [1.807, 2.05) is 6.92 Å². The van der Waals surface area contributed by atoms with Crippen LogP contribution in [0.2, 0.25) is 5.02 Å². The minimum atomic E-state index is -0.357. The molecular formula is C10H12ClFOS. The minimum absolute atomic E-state index is 0.302. The van der Waals surface area contributed by atoms with Gasteiger partial charge in [0, 0.05) is 0 Å². The Morgan fingerprint density at radius 3 is 2.86 bits per heavy atom. The number of halogens is 2. The summed E-state index contributed by atoms with van der Waals surface area (Å²) < 4.78 is 18.1. The van der Waals surface area contributed by atoms with Gasteiger partial charge in [0.25, 0.3) is 0 Å². The van der Waals surface area contributed by atoms with Crippen molar-refractivity contribution >= 4 is 24.2 Å². The summed E-state index contributed by atoms with van der Waals surface area (Å²) in [6.07, 6.45) is 0. The summed E-state index contributed by atoms with van der Waals surface area (Å²) in [7, 11) is 0. The van der Waals surface area contributed by atoms with Crippen LogP contribution < -0.4 is 4.74 Å². The first-order valence-electron chi connectivity index (χ1n) is 4.32. The molecule has 0 amide bonds. The van der Waals surface area contributed by atoms with E-state index in [2.05, 4.69) is 12.6 Å². The van der Waals surface area contributed by atoms with Crippen molar-refractivity contribution in [3.8, 4) is 5.75 Å². The zero-order valence-electron chi connectivity index (χ0n) is 7.84. The van der Waals surface area contributed by atoms with Crippen molar-refractivity contribution in [3.05, 3.63) is 29.0 Å². The van der Waals surface area contributed by atoms with Gasteiger partial charge in [-0.25, -0.2) is 4.39 Å². The van der Waals surface area contributed by atoms with Gasteiger partial charge in [0.05, 0.1) is 11.6 Å². The molecule has 0 saturated carbocycles. The van der Waals surface area contributed by atoms with E-state index in [0.717, 1.165) is 5.75 Å². The lowest BCUT2D eigenvalue weighted by Gasteiger charge is -2.11. The van der Waals surface area contributed by atoms with Gasteiger partial charge in [0.1, 0.15) is 11.6 Å². The highest BCUT2D eigenvalue weighted by Crippen LogP contribution is 2.25. The van der Waals surface area contributed by atoms with Crippen LogP contribution in [0.1, 0.15) is 6.92 Å². The lowest BCUT2D eigenvalue weighted by Crippen LogP contribution is -2.09. The maximum atomic E-state index is 12.7. The Morgan fingerprint density at radius 1 is 1.57 bits per heavy atom. The van der Waals surface area contributed by atoms with E-state index in [-0.39, 0.29) is 5.82 Å². The fraction of sp³-hybridized carbons (Fsp3) is 0.400. The number of ether oxygens (including phenoxy) is 1. The topological polar surface area (TPSA) is 9.23 Å². The molecule has 0 saturated heterocycles. The molecule has 1 nitrogen and oxygen atoms in total. The first-order chi connectivity index (χ1) is 6.63. The number of benzene rings is 1. The van der Waals surface area contributed by atoms with Crippen LogP contribution in [0.15, 0.2) is 18.2 Å². The van der Waals surface area contributed by atoms with Gasteiger partial charge < -0.3 is 4.74 Å². The molecule has 0 radical (unpaired) electrons. The van der Waals surface area contributed by atoms with E-state index in [1.54, 1.807) is 0 Å². The molecule has 0 spiro atoms. The van der Waals surface area contributed by atoms with Crippen molar-refractivity contribution in [1.82, 2.24) is 0 Å². The Kier molecular flexibility index (Phi) is 4.55. The van der Waals surface area contributed by atoms with Gasteiger partial charge in [-0.1, -0.05) is 18.5 Å². The van der Waals surface area contributed by atoms with Crippen LogP contribution >= 0.6 is 24.2 Å². The highest BCUT2D eigenvalue weighted by atomic mass is 35.5. The average Bonchev–Trinajstić information content (AvgIpc) is 2.16. The van der Waals surface area contributed by atoms with E-state index in [0.29, 0.717) is 23.3 Å². The van der Waals surface area contributed by atoms with Gasteiger partial charge in [-0.3, -0.25) is 0 Å². The van der Waals surface area contributed by atoms with Crippen molar-refractivity contribution in [3.63, 3.8) is 0 Å². The molecule has 78 valence electrons. The number of hydrogen-bond donors (Lipinski definition) is 1. The van der Waals surface area contributed by atoms with Gasteiger partial charge in [-0.05, 0) is 29.9 Å². The van der Waals surface area contributed by atoms with Gasteiger partial charge >= 0.3 is 0 Å². The van der Waals surface area contributed by atoms with Gasteiger partial charge in [-0.15, -0.1) is 0 Å². The standard InChI is InChI=1S/C10H12ClFOS/c1-7(6-14)5-13-10-3-2-8(12)4-9(10)11/h2-4,7,14H,5-6H2,1H3. The third-order valence-corrected chi connectivity index (χ3v) is 2.65. The molecule has 1 aromatic carbocycles. The molecule has 0 bridgehead atoms.